The second kappa shape index (κ2) is 8.43. The average molecular weight is 418 g/mol. The van der Waals surface area contributed by atoms with E-state index in [1.807, 2.05) is 61.5 Å². The van der Waals surface area contributed by atoms with Crippen LogP contribution in [0, 0.1) is 6.92 Å². The van der Waals surface area contributed by atoms with Gasteiger partial charge in [-0.05, 0) is 37.3 Å². The molecule has 0 saturated heterocycles. The van der Waals surface area contributed by atoms with E-state index in [4.69, 9.17) is 21.4 Å². The Bertz CT molecular complexity index is 1190. The van der Waals surface area contributed by atoms with Crippen LogP contribution in [0.3, 0.4) is 0 Å². The molecule has 1 amide bonds. The quantitative estimate of drug-likeness (QED) is 0.449. The van der Waals surface area contributed by atoms with Crippen molar-refractivity contribution in [3.8, 4) is 22.7 Å². The first kappa shape index (κ1) is 19.7. The number of hydrogen-bond donors (Lipinski definition) is 1. The summed E-state index contributed by atoms with van der Waals surface area (Å²) in [6, 6.07) is 22.7. The average Bonchev–Trinajstić information content (AvgIpc) is 3.21. The van der Waals surface area contributed by atoms with E-state index in [2.05, 4.69) is 5.32 Å². The number of nitrogens with one attached hydrogen (secondary N) is 1. The van der Waals surface area contributed by atoms with Gasteiger partial charge in [0.1, 0.15) is 11.4 Å². The molecule has 0 aliphatic rings. The molecule has 3 aromatic carbocycles. The third-order valence-electron chi connectivity index (χ3n) is 4.71. The molecule has 0 fully saturated rings. The zero-order chi connectivity index (χ0) is 21.1. The van der Waals surface area contributed by atoms with Gasteiger partial charge in [0, 0.05) is 17.4 Å². The van der Waals surface area contributed by atoms with Crippen molar-refractivity contribution in [1.29, 1.82) is 0 Å². The van der Waals surface area contributed by atoms with Gasteiger partial charge in [0.15, 0.2) is 0 Å². The van der Waals surface area contributed by atoms with Crippen molar-refractivity contribution in [3.05, 3.63) is 95.1 Å². The lowest BCUT2D eigenvalue weighted by atomic mass is 10.1. The number of methoxy groups -OCH3 is 1. The molecule has 0 spiro atoms. The zero-order valence-electron chi connectivity index (χ0n) is 16.6. The maximum Gasteiger partial charge on any atom is 0.259 e. The minimum Gasteiger partial charge on any atom is -0.495 e. The Morgan fingerprint density at radius 2 is 1.77 bits per heavy atom. The molecule has 5 nitrogen and oxygen atoms in total. The topological polar surface area (TPSA) is 56.1 Å². The SMILES string of the molecule is COc1ccc(NC(=O)c2cn(-c3ccccc3)nc2-c2ccc(C)cc2)cc1Cl. The number of anilines is 1. The number of amides is 1. The first-order valence-corrected chi connectivity index (χ1v) is 9.80. The van der Waals surface area contributed by atoms with Gasteiger partial charge in [-0.2, -0.15) is 5.10 Å². The van der Waals surface area contributed by atoms with Crippen molar-refractivity contribution in [3.63, 3.8) is 0 Å². The van der Waals surface area contributed by atoms with Crippen molar-refractivity contribution in [2.24, 2.45) is 0 Å². The number of rotatable bonds is 5. The summed E-state index contributed by atoms with van der Waals surface area (Å²) >= 11 is 6.19. The number of carbonyl (C=O) groups excluding carboxylic acids is 1. The number of ether oxygens (including phenoxy) is 1. The molecule has 6 heteroatoms. The van der Waals surface area contributed by atoms with Crippen molar-refractivity contribution in [2.75, 3.05) is 12.4 Å². The van der Waals surface area contributed by atoms with E-state index in [0.29, 0.717) is 27.7 Å². The molecule has 1 aromatic heterocycles. The van der Waals surface area contributed by atoms with Crippen LogP contribution in [0.2, 0.25) is 5.02 Å². The lowest BCUT2D eigenvalue weighted by Gasteiger charge is -2.08. The van der Waals surface area contributed by atoms with E-state index in [9.17, 15) is 4.79 Å². The maximum atomic E-state index is 13.1. The summed E-state index contributed by atoms with van der Waals surface area (Å²) in [5.41, 5.74) is 4.53. The van der Waals surface area contributed by atoms with Crippen molar-refractivity contribution in [2.45, 2.75) is 6.92 Å². The Balaban J connectivity index is 1.73. The summed E-state index contributed by atoms with van der Waals surface area (Å²) in [7, 11) is 1.55. The smallest absolute Gasteiger partial charge is 0.259 e. The van der Waals surface area contributed by atoms with Crippen LogP contribution in [0.5, 0.6) is 5.75 Å². The normalized spacial score (nSPS) is 10.6. The molecule has 0 unspecified atom stereocenters. The van der Waals surface area contributed by atoms with E-state index < -0.39 is 0 Å². The van der Waals surface area contributed by atoms with Gasteiger partial charge in [-0.3, -0.25) is 4.79 Å². The molecule has 0 radical (unpaired) electrons. The number of para-hydroxylation sites is 1. The van der Waals surface area contributed by atoms with Gasteiger partial charge in [-0.1, -0.05) is 59.6 Å². The molecule has 0 bridgehead atoms. The predicted octanol–water partition coefficient (Wildman–Crippen LogP) is 5.76. The second-order valence-electron chi connectivity index (χ2n) is 6.84. The number of aromatic nitrogens is 2. The Labute approximate surface area is 179 Å². The van der Waals surface area contributed by atoms with E-state index >= 15 is 0 Å². The fourth-order valence-electron chi connectivity index (χ4n) is 3.12. The maximum absolute atomic E-state index is 13.1. The molecular weight excluding hydrogens is 398 g/mol. The first-order valence-electron chi connectivity index (χ1n) is 9.42. The molecule has 0 saturated carbocycles. The van der Waals surface area contributed by atoms with Gasteiger partial charge in [0.2, 0.25) is 0 Å². The van der Waals surface area contributed by atoms with Gasteiger partial charge < -0.3 is 10.1 Å². The highest BCUT2D eigenvalue weighted by molar-refractivity contribution is 6.32. The predicted molar refractivity (Wildman–Crippen MR) is 120 cm³/mol. The highest BCUT2D eigenvalue weighted by atomic mass is 35.5. The number of halogens is 1. The number of carbonyl (C=O) groups is 1. The Morgan fingerprint density at radius 3 is 2.43 bits per heavy atom. The molecule has 4 rings (SSSR count). The molecule has 0 aliphatic heterocycles. The Morgan fingerprint density at radius 1 is 1.03 bits per heavy atom. The van der Waals surface area contributed by atoms with Crippen LogP contribution in [0.1, 0.15) is 15.9 Å². The van der Waals surface area contributed by atoms with Crippen LogP contribution in [0.25, 0.3) is 16.9 Å². The standard InChI is InChI=1S/C24H20ClN3O2/c1-16-8-10-17(11-9-16)23-20(15-28(27-23)19-6-4-3-5-7-19)24(29)26-18-12-13-22(30-2)21(25)14-18/h3-15H,1-2H3,(H,26,29). The van der Waals surface area contributed by atoms with Crippen molar-refractivity contribution >= 4 is 23.2 Å². The number of hydrogen-bond acceptors (Lipinski definition) is 3. The molecule has 4 aromatic rings. The summed E-state index contributed by atoms with van der Waals surface area (Å²) in [6.07, 6.45) is 1.74. The van der Waals surface area contributed by atoms with E-state index in [1.165, 1.54) is 0 Å². The lowest BCUT2D eigenvalue weighted by molar-refractivity contribution is 0.102. The summed E-state index contributed by atoms with van der Waals surface area (Å²) in [5, 5.41) is 8.03. The Kier molecular flexibility index (Phi) is 5.55. The number of nitrogens with zero attached hydrogens (tertiary/aromatic N) is 2. The third-order valence-corrected chi connectivity index (χ3v) is 5.01. The zero-order valence-corrected chi connectivity index (χ0v) is 17.4. The third kappa shape index (κ3) is 4.07. The van der Waals surface area contributed by atoms with E-state index in [-0.39, 0.29) is 5.91 Å². The lowest BCUT2D eigenvalue weighted by Crippen LogP contribution is -2.12. The highest BCUT2D eigenvalue weighted by Crippen LogP contribution is 2.29. The molecule has 0 atom stereocenters. The van der Waals surface area contributed by atoms with Gasteiger partial charge in [-0.15, -0.1) is 0 Å². The van der Waals surface area contributed by atoms with Gasteiger partial charge in [0.25, 0.3) is 5.91 Å². The van der Waals surface area contributed by atoms with Crippen LogP contribution < -0.4 is 10.1 Å². The minimum absolute atomic E-state index is 0.269. The van der Waals surface area contributed by atoms with Crippen molar-refractivity contribution in [1.82, 2.24) is 9.78 Å². The van der Waals surface area contributed by atoms with Gasteiger partial charge >= 0.3 is 0 Å². The summed E-state index contributed by atoms with van der Waals surface area (Å²) in [4.78, 5) is 13.1. The van der Waals surface area contributed by atoms with Crippen LogP contribution in [-0.4, -0.2) is 22.8 Å². The molecule has 0 aliphatic carbocycles. The van der Waals surface area contributed by atoms with Gasteiger partial charge in [-0.25, -0.2) is 4.68 Å². The van der Waals surface area contributed by atoms with E-state index in [0.717, 1.165) is 16.8 Å². The van der Waals surface area contributed by atoms with Crippen LogP contribution >= 0.6 is 11.6 Å². The molecule has 1 N–H and O–H groups in total. The summed E-state index contributed by atoms with van der Waals surface area (Å²) < 4.78 is 6.88. The minimum atomic E-state index is -0.269. The highest BCUT2D eigenvalue weighted by Gasteiger charge is 2.19. The molecule has 1 heterocycles. The molecule has 150 valence electrons. The molecule has 30 heavy (non-hydrogen) atoms. The number of aryl methyl sites for hydroxylation is 1. The second-order valence-corrected chi connectivity index (χ2v) is 7.25. The Hall–Kier alpha value is -3.57. The molecular formula is C24H20ClN3O2. The summed E-state index contributed by atoms with van der Waals surface area (Å²) in [5.74, 6) is 0.279. The number of benzene rings is 3. The van der Waals surface area contributed by atoms with E-state index in [1.54, 1.807) is 36.2 Å². The fraction of sp³-hybridized carbons (Fsp3) is 0.0833. The van der Waals surface area contributed by atoms with Crippen molar-refractivity contribution < 1.29 is 9.53 Å². The first-order chi connectivity index (χ1) is 14.5. The summed E-state index contributed by atoms with van der Waals surface area (Å²) in [6.45, 7) is 2.02. The fourth-order valence-corrected chi connectivity index (χ4v) is 3.38. The monoisotopic (exact) mass is 417 g/mol. The van der Waals surface area contributed by atoms with Crippen LogP contribution in [0.15, 0.2) is 79.0 Å². The van der Waals surface area contributed by atoms with Crippen LogP contribution in [-0.2, 0) is 0 Å². The van der Waals surface area contributed by atoms with Gasteiger partial charge in [0.05, 0.1) is 23.4 Å². The van der Waals surface area contributed by atoms with Crippen LogP contribution in [0.4, 0.5) is 5.69 Å². The largest absolute Gasteiger partial charge is 0.495 e.